The van der Waals surface area contributed by atoms with Gasteiger partial charge < -0.3 is 22.3 Å². The van der Waals surface area contributed by atoms with Gasteiger partial charge in [-0.05, 0) is 18.2 Å². The van der Waals surface area contributed by atoms with E-state index in [4.69, 9.17) is 15.3 Å². The van der Waals surface area contributed by atoms with Gasteiger partial charge in [0.1, 0.15) is 5.75 Å². The largest absolute Gasteiger partial charge is 1.00 e. The van der Waals surface area contributed by atoms with Crippen LogP contribution in [0.3, 0.4) is 0 Å². The summed E-state index contributed by atoms with van der Waals surface area (Å²) < 4.78 is 4.77. The molecule has 4 heteroatoms. The van der Waals surface area contributed by atoms with Crippen LogP contribution in [-0.2, 0) is 4.74 Å². The van der Waals surface area contributed by atoms with E-state index in [0.717, 1.165) is 0 Å². The molecule has 0 saturated carbocycles. The van der Waals surface area contributed by atoms with Crippen molar-refractivity contribution in [3.8, 4) is 5.75 Å². The molecule has 0 bridgehead atoms. The Morgan fingerprint density at radius 3 is 2.67 bits per heavy atom. The fourth-order valence-electron chi connectivity index (χ4n) is 0.777. The van der Waals surface area contributed by atoms with Crippen molar-refractivity contribution in [1.29, 1.82) is 0 Å². The van der Waals surface area contributed by atoms with Crippen LogP contribution in [0.5, 0.6) is 5.75 Å². The average molecular weight is 188 g/mol. The van der Waals surface area contributed by atoms with Crippen LogP contribution in [0.25, 0.3) is 0 Å². The van der Waals surface area contributed by atoms with Crippen LogP contribution in [0.15, 0.2) is 24.3 Å². The zero-order valence-electron chi connectivity index (χ0n) is 6.62. The van der Waals surface area contributed by atoms with Crippen LogP contribution in [-0.4, -0.2) is 18.1 Å². The van der Waals surface area contributed by atoms with Crippen LogP contribution < -0.4 is 17.8 Å². The summed E-state index contributed by atoms with van der Waals surface area (Å²) in [5, 5.41) is 14.5. The van der Waals surface area contributed by atoms with Crippen LogP contribution in [0, 0.1) is 0 Å². The first-order valence-electron chi connectivity index (χ1n) is 3.20. The first-order chi connectivity index (χ1) is 5.24. The van der Waals surface area contributed by atoms with Crippen molar-refractivity contribution in [3.05, 3.63) is 29.8 Å². The summed E-state index contributed by atoms with van der Waals surface area (Å²) in [6.07, 6.45) is 0. The molecular weight excluding hydrogens is 178 g/mol. The normalized spacial score (nSPS) is 8.42. The molecule has 0 radical (unpaired) electrons. The molecule has 1 aromatic rings. The Balaban J connectivity index is 0.00000121. The van der Waals surface area contributed by atoms with Crippen molar-refractivity contribution < 1.29 is 27.7 Å². The number of hydrogen-bond donors (Lipinski definition) is 2. The smallest absolute Gasteiger partial charge is 0.366 e. The minimum absolute atomic E-state index is 0. The summed E-state index contributed by atoms with van der Waals surface area (Å²) in [5.41, 5.74) is 0.688. The number of phenols is 1. The van der Waals surface area contributed by atoms with Gasteiger partial charge in [0.15, 0.2) is 0 Å². The Labute approximate surface area is 76.9 Å². The molecule has 0 unspecified atom stereocenters. The Kier molecular flexibility index (Phi) is 4.15. The molecule has 0 spiro atoms. The van der Waals surface area contributed by atoms with Gasteiger partial charge in [0.05, 0.1) is 12.7 Å². The van der Waals surface area contributed by atoms with Gasteiger partial charge in [-0.2, -0.15) is 0 Å². The predicted octanol–water partition coefficient (Wildman–Crippen LogP) is -3.45. The highest BCUT2D eigenvalue weighted by Crippen LogP contribution is 2.10. The van der Waals surface area contributed by atoms with Crippen molar-refractivity contribution in [2.75, 3.05) is 7.11 Å². The summed E-state index contributed by atoms with van der Waals surface area (Å²) in [6, 6.07) is 6.58. The van der Waals surface area contributed by atoms with Gasteiger partial charge in [-0.25, -0.2) is 5.41 Å². The van der Waals surface area contributed by atoms with E-state index in [1.54, 1.807) is 24.3 Å². The van der Waals surface area contributed by atoms with Crippen LogP contribution in [0.2, 0.25) is 0 Å². The molecule has 0 aliphatic rings. The molecule has 1 aromatic carbocycles. The van der Waals surface area contributed by atoms with E-state index in [9.17, 15) is 0 Å². The van der Waals surface area contributed by atoms with Gasteiger partial charge in [0, 0.05) is 0 Å². The van der Waals surface area contributed by atoms with Gasteiger partial charge in [0.25, 0.3) is 0 Å². The second kappa shape index (κ2) is 4.62. The molecule has 66 valence electrons. The Morgan fingerprint density at radius 1 is 1.50 bits per heavy atom. The molecule has 0 amide bonds. The van der Waals surface area contributed by atoms with E-state index in [1.807, 2.05) is 0 Å². The number of aromatic hydroxyl groups is 1. The number of phenolic OH excluding ortho intramolecular Hbond substituents is 1. The number of ether oxygens (including phenoxy) is 1. The molecule has 0 heterocycles. The number of rotatable bonds is 1. The number of hydrogen-bond acceptors (Lipinski definition) is 2. The molecule has 0 aliphatic heterocycles. The second-order valence-electron chi connectivity index (χ2n) is 2.12. The third kappa shape index (κ3) is 2.43. The maximum Gasteiger partial charge on any atom is 0.366 e. The molecule has 0 saturated heterocycles. The maximum absolute atomic E-state index is 9.03. The first kappa shape index (κ1) is 10.8. The minimum atomic E-state index is 0. The van der Waals surface area contributed by atoms with E-state index in [2.05, 4.69) is 0 Å². The highest BCUT2D eigenvalue weighted by Gasteiger charge is 2.05. The molecular formula is C8H10ClNO2. The number of nitrogens with two attached hydrogens (primary N) is 1. The summed E-state index contributed by atoms with van der Waals surface area (Å²) in [5.74, 6) is 0.489. The predicted molar refractivity (Wildman–Crippen MR) is 41.2 cm³/mol. The zero-order chi connectivity index (χ0) is 8.27. The number of benzene rings is 1. The van der Waals surface area contributed by atoms with E-state index in [-0.39, 0.29) is 18.2 Å². The highest BCUT2D eigenvalue weighted by molar-refractivity contribution is 5.89. The third-order valence-electron chi connectivity index (χ3n) is 1.35. The summed E-state index contributed by atoms with van der Waals surface area (Å²) in [7, 11) is 1.49. The maximum atomic E-state index is 9.03. The zero-order valence-corrected chi connectivity index (χ0v) is 7.38. The molecule has 12 heavy (non-hydrogen) atoms. The van der Waals surface area contributed by atoms with Crippen molar-refractivity contribution in [3.63, 3.8) is 0 Å². The van der Waals surface area contributed by atoms with E-state index in [0.29, 0.717) is 11.5 Å². The Morgan fingerprint density at radius 2 is 2.17 bits per heavy atom. The summed E-state index contributed by atoms with van der Waals surface area (Å²) >= 11 is 0. The van der Waals surface area contributed by atoms with Gasteiger partial charge >= 0.3 is 5.90 Å². The number of halogens is 1. The van der Waals surface area contributed by atoms with Crippen LogP contribution >= 0.6 is 0 Å². The lowest BCUT2D eigenvalue weighted by Gasteiger charge is -1.96. The molecule has 0 fully saturated rings. The molecule has 3 N–H and O–H groups in total. The van der Waals surface area contributed by atoms with Crippen molar-refractivity contribution in [2.45, 2.75) is 0 Å². The van der Waals surface area contributed by atoms with Gasteiger partial charge in [-0.15, -0.1) is 0 Å². The molecule has 0 aromatic heterocycles. The lowest BCUT2D eigenvalue weighted by molar-refractivity contribution is -0.135. The van der Waals surface area contributed by atoms with Gasteiger partial charge in [-0.1, -0.05) is 6.07 Å². The fourth-order valence-corrected chi connectivity index (χ4v) is 0.777. The lowest BCUT2D eigenvalue weighted by atomic mass is 10.2. The van der Waals surface area contributed by atoms with Crippen molar-refractivity contribution >= 4 is 5.90 Å². The number of methoxy groups -OCH3 is 1. The molecule has 3 nitrogen and oxygen atoms in total. The SMILES string of the molecule is COC(=[NH2+])c1cccc(O)c1.[Cl-]. The Hall–Kier alpha value is -1.22. The lowest BCUT2D eigenvalue weighted by Crippen LogP contribution is -3.00. The van der Waals surface area contributed by atoms with E-state index >= 15 is 0 Å². The topological polar surface area (TPSA) is 55.0 Å². The minimum Gasteiger partial charge on any atom is -1.00 e. The standard InChI is InChI=1S/C8H9NO2.ClH/c1-11-8(9)6-3-2-4-7(10)5-6;/h2-5,9-10H,1H3;1H. The van der Waals surface area contributed by atoms with Crippen molar-refractivity contribution in [2.24, 2.45) is 0 Å². The quantitative estimate of drug-likeness (QED) is 0.355. The average Bonchev–Trinajstić information content (AvgIpc) is 2.03. The van der Waals surface area contributed by atoms with Gasteiger partial charge in [0.2, 0.25) is 0 Å². The summed E-state index contributed by atoms with van der Waals surface area (Å²) in [6.45, 7) is 0. The van der Waals surface area contributed by atoms with E-state index in [1.165, 1.54) is 7.11 Å². The Bertz CT molecular complexity index is 276. The van der Waals surface area contributed by atoms with E-state index < -0.39 is 0 Å². The van der Waals surface area contributed by atoms with Crippen molar-refractivity contribution in [1.82, 2.24) is 0 Å². The summed E-state index contributed by atoms with van der Waals surface area (Å²) in [4.78, 5) is 0. The van der Waals surface area contributed by atoms with Gasteiger partial charge in [-0.3, -0.25) is 0 Å². The molecule has 0 aliphatic carbocycles. The monoisotopic (exact) mass is 187 g/mol. The fraction of sp³-hybridized carbons (Fsp3) is 0.125. The first-order valence-corrected chi connectivity index (χ1v) is 3.20. The van der Waals surface area contributed by atoms with Crippen LogP contribution in [0.4, 0.5) is 0 Å². The highest BCUT2D eigenvalue weighted by atomic mass is 35.5. The van der Waals surface area contributed by atoms with Crippen LogP contribution in [0.1, 0.15) is 5.56 Å². The second-order valence-corrected chi connectivity index (χ2v) is 2.12. The third-order valence-corrected chi connectivity index (χ3v) is 1.35. The molecule has 1 rings (SSSR count). The molecule has 0 atom stereocenters.